The molecule has 2 aromatic heterocycles. The average molecular weight is 322 g/mol. The lowest BCUT2D eigenvalue weighted by atomic mass is 9.86. The molecule has 24 heavy (non-hydrogen) atoms. The lowest BCUT2D eigenvalue weighted by molar-refractivity contribution is 0.316. The zero-order valence-corrected chi connectivity index (χ0v) is 14.7. The fourth-order valence-electron chi connectivity index (χ4n) is 3.90. The number of imidazole rings is 1. The first-order chi connectivity index (χ1) is 11.7. The van der Waals surface area contributed by atoms with Crippen LogP contribution in [0.4, 0.5) is 5.82 Å². The van der Waals surface area contributed by atoms with E-state index in [1.54, 1.807) is 0 Å². The van der Waals surface area contributed by atoms with E-state index in [-0.39, 0.29) is 0 Å². The van der Waals surface area contributed by atoms with Crippen LogP contribution in [0.1, 0.15) is 39.5 Å². The van der Waals surface area contributed by atoms with Crippen LogP contribution in [0, 0.1) is 11.8 Å². The Balaban J connectivity index is 1.64. The van der Waals surface area contributed by atoms with Crippen molar-refractivity contribution in [3.63, 3.8) is 0 Å². The minimum absolute atomic E-state index is 0.776. The van der Waals surface area contributed by atoms with Crippen LogP contribution in [-0.4, -0.2) is 27.5 Å². The van der Waals surface area contributed by atoms with Gasteiger partial charge in [0.25, 0.3) is 0 Å². The molecule has 4 rings (SSSR count). The van der Waals surface area contributed by atoms with E-state index in [0.717, 1.165) is 47.6 Å². The molecule has 0 saturated carbocycles. The zero-order valence-electron chi connectivity index (χ0n) is 14.7. The Morgan fingerprint density at radius 1 is 1.00 bits per heavy atom. The van der Waals surface area contributed by atoms with E-state index in [1.807, 2.05) is 12.1 Å². The molecule has 1 unspecified atom stereocenters. The number of benzene rings is 1. The third kappa shape index (κ3) is 2.85. The molecule has 1 saturated heterocycles. The van der Waals surface area contributed by atoms with E-state index in [1.165, 1.54) is 25.7 Å². The molecule has 1 fully saturated rings. The normalized spacial score (nSPS) is 19.8. The second-order valence-corrected chi connectivity index (χ2v) is 7.33. The molecule has 1 aliphatic heterocycles. The molecule has 3 heterocycles. The number of rotatable bonds is 2. The maximum Gasteiger partial charge on any atom is 0.236 e. The third-order valence-electron chi connectivity index (χ3n) is 5.45. The number of fused-ring (bicyclic) bond motifs is 3. The Labute approximate surface area is 143 Å². The molecule has 0 N–H and O–H groups in total. The largest absolute Gasteiger partial charge is 0.356 e. The summed E-state index contributed by atoms with van der Waals surface area (Å²) in [6, 6.07) is 10.4. The van der Waals surface area contributed by atoms with Gasteiger partial charge in [0.2, 0.25) is 5.78 Å². The Bertz CT molecular complexity index is 836. The van der Waals surface area contributed by atoms with Gasteiger partial charge in [-0.15, -0.1) is 0 Å². The van der Waals surface area contributed by atoms with E-state index in [0.29, 0.717) is 0 Å². The maximum absolute atomic E-state index is 4.86. The molecule has 0 bridgehead atoms. The number of hydrogen-bond acceptors (Lipinski definition) is 3. The van der Waals surface area contributed by atoms with Crippen molar-refractivity contribution in [3.8, 4) is 0 Å². The number of aromatic nitrogens is 3. The monoisotopic (exact) mass is 322 g/mol. The molecular formula is C20H26N4. The SMILES string of the molecule is CC(C)C1CCCCN(c2ccn3c(n2)nc2ccccc23)CC1. The van der Waals surface area contributed by atoms with Crippen molar-refractivity contribution >= 4 is 22.6 Å². The van der Waals surface area contributed by atoms with Crippen molar-refractivity contribution < 1.29 is 0 Å². The second kappa shape index (κ2) is 6.42. The Hall–Kier alpha value is -2.10. The van der Waals surface area contributed by atoms with E-state index in [2.05, 4.69) is 52.5 Å². The summed E-state index contributed by atoms with van der Waals surface area (Å²) in [5, 5.41) is 0. The molecule has 0 radical (unpaired) electrons. The number of para-hydroxylation sites is 2. The van der Waals surface area contributed by atoms with Crippen LogP contribution in [0.5, 0.6) is 0 Å². The first-order valence-corrected chi connectivity index (χ1v) is 9.21. The number of hydrogen-bond donors (Lipinski definition) is 0. The topological polar surface area (TPSA) is 33.4 Å². The van der Waals surface area contributed by atoms with Gasteiger partial charge in [0, 0.05) is 19.3 Å². The second-order valence-electron chi connectivity index (χ2n) is 7.33. The molecule has 0 amide bonds. The quantitative estimate of drug-likeness (QED) is 0.695. The molecule has 4 nitrogen and oxygen atoms in total. The van der Waals surface area contributed by atoms with Crippen LogP contribution in [0.15, 0.2) is 36.5 Å². The average Bonchev–Trinajstić information content (AvgIpc) is 2.92. The summed E-state index contributed by atoms with van der Waals surface area (Å²) in [5.74, 6) is 3.49. The fraction of sp³-hybridized carbons (Fsp3) is 0.500. The summed E-state index contributed by atoms with van der Waals surface area (Å²) in [5.41, 5.74) is 2.13. The van der Waals surface area contributed by atoms with Crippen molar-refractivity contribution in [1.29, 1.82) is 0 Å². The van der Waals surface area contributed by atoms with E-state index in [9.17, 15) is 0 Å². The van der Waals surface area contributed by atoms with Crippen molar-refractivity contribution in [3.05, 3.63) is 36.5 Å². The summed E-state index contributed by atoms with van der Waals surface area (Å²) >= 11 is 0. The molecule has 1 aromatic carbocycles. The third-order valence-corrected chi connectivity index (χ3v) is 5.45. The minimum atomic E-state index is 0.776. The minimum Gasteiger partial charge on any atom is -0.356 e. The standard InChI is InChI=1S/C20H26N4/c1-15(2)16-7-5-6-12-23(13-10-16)19-11-14-24-18-9-4-3-8-17(18)21-20(24)22-19/h3-4,8-9,11,14-16H,5-7,10,12-13H2,1-2H3. The van der Waals surface area contributed by atoms with Gasteiger partial charge >= 0.3 is 0 Å². The van der Waals surface area contributed by atoms with Crippen LogP contribution in [0.2, 0.25) is 0 Å². The summed E-state index contributed by atoms with van der Waals surface area (Å²) in [6.45, 7) is 6.93. The van der Waals surface area contributed by atoms with Gasteiger partial charge in [0.05, 0.1) is 11.0 Å². The predicted octanol–water partition coefficient (Wildman–Crippen LogP) is 4.54. The van der Waals surface area contributed by atoms with Crippen LogP contribution in [0.3, 0.4) is 0 Å². The van der Waals surface area contributed by atoms with E-state index < -0.39 is 0 Å². The molecule has 1 aliphatic rings. The molecular weight excluding hydrogens is 296 g/mol. The molecule has 126 valence electrons. The molecule has 4 heteroatoms. The first kappa shape index (κ1) is 15.4. The lowest BCUT2D eigenvalue weighted by Gasteiger charge is -2.30. The highest BCUT2D eigenvalue weighted by atomic mass is 15.2. The zero-order chi connectivity index (χ0) is 16.5. The van der Waals surface area contributed by atoms with Gasteiger partial charge in [-0.3, -0.25) is 4.40 Å². The highest BCUT2D eigenvalue weighted by molar-refractivity contribution is 5.79. The molecule has 0 spiro atoms. The number of nitrogens with zero attached hydrogens (tertiary/aromatic N) is 4. The smallest absolute Gasteiger partial charge is 0.236 e. The van der Waals surface area contributed by atoms with Gasteiger partial charge in [-0.1, -0.05) is 38.8 Å². The summed E-state index contributed by atoms with van der Waals surface area (Å²) < 4.78 is 2.08. The molecule has 0 aliphatic carbocycles. The Morgan fingerprint density at radius 2 is 1.88 bits per heavy atom. The van der Waals surface area contributed by atoms with Gasteiger partial charge in [-0.05, 0) is 42.9 Å². The summed E-state index contributed by atoms with van der Waals surface area (Å²) in [7, 11) is 0. The summed E-state index contributed by atoms with van der Waals surface area (Å²) in [6.07, 6.45) is 7.34. The van der Waals surface area contributed by atoms with Gasteiger partial charge in [-0.25, -0.2) is 4.98 Å². The van der Waals surface area contributed by atoms with Gasteiger partial charge in [0.15, 0.2) is 0 Å². The van der Waals surface area contributed by atoms with Crippen molar-refractivity contribution in [2.24, 2.45) is 11.8 Å². The highest BCUT2D eigenvalue weighted by Gasteiger charge is 2.19. The predicted molar refractivity (Wildman–Crippen MR) is 99.5 cm³/mol. The number of anilines is 1. The van der Waals surface area contributed by atoms with Crippen LogP contribution in [0.25, 0.3) is 16.8 Å². The van der Waals surface area contributed by atoms with Crippen molar-refractivity contribution in [2.45, 2.75) is 39.5 Å². The Kier molecular flexibility index (Phi) is 4.13. The van der Waals surface area contributed by atoms with Crippen molar-refractivity contribution in [2.75, 3.05) is 18.0 Å². The maximum atomic E-state index is 4.86. The first-order valence-electron chi connectivity index (χ1n) is 9.21. The Morgan fingerprint density at radius 3 is 2.75 bits per heavy atom. The lowest BCUT2D eigenvalue weighted by Crippen LogP contribution is -2.31. The fourth-order valence-corrected chi connectivity index (χ4v) is 3.90. The van der Waals surface area contributed by atoms with Gasteiger partial charge in [0.1, 0.15) is 5.82 Å². The van der Waals surface area contributed by atoms with Gasteiger partial charge < -0.3 is 4.90 Å². The molecule has 3 aromatic rings. The van der Waals surface area contributed by atoms with Crippen LogP contribution in [-0.2, 0) is 0 Å². The van der Waals surface area contributed by atoms with Crippen LogP contribution < -0.4 is 4.90 Å². The van der Waals surface area contributed by atoms with E-state index >= 15 is 0 Å². The van der Waals surface area contributed by atoms with E-state index in [4.69, 9.17) is 4.98 Å². The highest BCUT2D eigenvalue weighted by Crippen LogP contribution is 2.26. The molecule has 1 atom stereocenters. The van der Waals surface area contributed by atoms with Gasteiger partial charge in [-0.2, -0.15) is 4.98 Å². The van der Waals surface area contributed by atoms with Crippen molar-refractivity contribution in [1.82, 2.24) is 14.4 Å². The van der Waals surface area contributed by atoms with Crippen LogP contribution >= 0.6 is 0 Å². The summed E-state index contributed by atoms with van der Waals surface area (Å²) in [4.78, 5) is 12.0.